The van der Waals surface area contributed by atoms with Crippen LogP contribution in [-0.4, -0.2) is 35.2 Å². The molecule has 0 saturated heterocycles. The van der Waals surface area contributed by atoms with Crippen LogP contribution in [0.5, 0.6) is 0 Å². The largest absolute Gasteiger partial charge is 0.329 e. The van der Waals surface area contributed by atoms with Crippen molar-refractivity contribution in [1.29, 1.82) is 0 Å². The van der Waals surface area contributed by atoms with Gasteiger partial charge in [0.25, 0.3) is 0 Å². The minimum atomic E-state index is -3.92. The molecule has 2 rings (SSSR count). The Kier molecular flexibility index (Phi) is 5.84. The molecule has 24 heavy (non-hydrogen) atoms. The van der Waals surface area contributed by atoms with Crippen LogP contribution in [0.4, 0.5) is 10.1 Å². The zero-order valence-corrected chi connectivity index (χ0v) is 15.0. The Balaban J connectivity index is 2.18. The van der Waals surface area contributed by atoms with Crippen LogP contribution in [0.15, 0.2) is 23.1 Å². The van der Waals surface area contributed by atoms with Crippen molar-refractivity contribution in [2.75, 3.05) is 17.0 Å². The lowest BCUT2D eigenvalue weighted by molar-refractivity contribution is 0.518. The van der Waals surface area contributed by atoms with E-state index in [-0.39, 0.29) is 34.8 Å². The molecule has 0 radical (unpaired) electrons. The minimum Gasteiger partial charge on any atom is -0.329 e. The molecular weight excluding hydrogens is 357 g/mol. The van der Waals surface area contributed by atoms with Crippen LogP contribution < -0.4 is 15.2 Å². The summed E-state index contributed by atoms with van der Waals surface area (Å²) in [6.45, 7) is 1.85. The zero-order chi connectivity index (χ0) is 18.0. The summed E-state index contributed by atoms with van der Waals surface area (Å²) in [6, 6.07) is 2.69. The highest BCUT2D eigenvalue weighted by molar-refractivity contribution is 7.92. The first-order valence-corrected chi connectivity index (χ1v) is 10.8. The molecule has 0 amide bonds. The van der Waals surface area contributed by atoms with Gasteiger partial charge in [0.1, 0.15) is 5.82 Å². The molecule has 1 aromatic carbocycles. The third-order valence-electron chi connectivity index (χ3n) is 3.74. The Bertz CT molecular complexity index is 792. The summed E-state index contributed by atoms with van der Waals surface area (Å²) in [6.07, 6.45) is 2.21. The summed E-state index contributed by atoms with van der Waals surface area (Å²) in [5.41, 5.74) is 5.30. The fraction of sp³-hybridized carbons (Fsp3) is 0.571. The van der Waals surface area contributed by atoms with Crippen LogP contribution in [0.3, 0.4) is 0 Å². The number of hydrogen-bond acceptors (Lipinski definition) is 5. The lowest BCUT2D eigenvalue weighted by Gasteiger charge is -2.16. The number of hydrogen-bond donors (Lipinski definition) is 3. The van der Waals surface area contributed by atoms with E-state index in [1.807, 2.05) is 0 Å². The number of halogens is 1. The highest BCUT2D eigenvalue weighted by Gasteiger charge is 2.33. The van der Waals surface area contributed by atoms with Gasteiger partial charge < -0.3 is 5.73 Å². The van der Waals surface area contributed by atoms with Gasteiger partial charge in [-0.1, -0.05) is 6.92 Å². The number of nitrogens with two attached hydrogens (primary N) is 1. The topological polar surface area (TPSA) is 118 Å². The van der Waals surface area contributed by atoms with Crippen molar-refractivity contribution < 1.29 is 21.2 Å². The second-order valence-electron chi connectivity index (χ2n) is 5.86. The molecule has 1 aromatic rings. The van der Waals surface area contributed by atoms with Crippen LogP contribution in [-0.2, 0) is 20.0 Å². The average molecular weight is 379 g/mol. The molecule has 1 aliphatic carbocycles. The third-order valence-corrected chi connectivity index (χ3v) is 6.70. The summed E-state index contributed by atoms with van der Waals surface area (Å²) in [4.78, 5) is -0.266. The molecule has 0 bridgehead atoms. The molecule has 7 nitrogen and oxygen atoms in total. The van der Waals surface area contributed by atoms with Crippen LogP contribution in [0.2, 0.25) is 0 Å². The van der Waals surface area contributed by atoms with Crippen molar-refractivity contribution in [2.24, 2.45) is 11.7 Å². The molecule has 1 fully saturated rings. The maximum absolute atomic E-state index is 14.1. The molecular formula is C14H22FN3O4S2. The Morgan fingerprint density at radius 2 is 1.96 bits per heavy atom. The molecule has 10 heteroatoms. The first-order valence-electron chi connectivity index (χ1n) is 7.71. The van der Waals surface area contributed by atoms with Crippen molar-refractivity contribution in [3.63, 3.8) is 0 Å². The standard InChI is InChI=1S/C14H22FN3O4S2/c1-2-7-23(19,20)17-13-6-5-11(8-12(13)15)24(21,22)18-14(9-16)10-3-4-10/h5-6,8,10,14,17-18H,2-4,7,9,16H2,1H3. The van der Waals surface area contributed by atoms with Crippen LogP contribution in [0.25, 0.3) is 0 Å². The number of anilines is 1. The molecule has 0 heterocycles. The van der Waals surface area contributed by atoms with E-state index in [2.05, 4.69) is 9.44 Å². The Hall–Kier alpha value is -1.23. The summed E-state index contributed by atoms with van der Waals surface area (Å²) in [7, 11) is -7.57. The van der Waals surface area contributed by atoms with E-state index in [0.717, 1.165) is 31.0 Å². The molecule has 136 valence electrons. The van der Waals surface area contributed by atoms with Crippen molar-refractivity contribution in [2.45, 2.75) is 37.1 Å². The van der Waals surface area contributed by atoms with Crippen molar-refractivity contribution in [3.8, 4) is 0 Å². The summed E-state index contributed by atoms with van der Waals surface area (Å²) in [5.74, 6) is -0.879. The van der Waals surface area contributed by atoms with Gasteiger partial charge >= 0.3 is 0 Å². The van der Waals surface area contributed by atoms with E-state index < -0.39 is 25.9 Å². The Morgan fingerprint density at radius 3 is 2.46 bits per heavy atom. The SMILES string of the molecule is CCCS(=O)(=O)Nc1ccc(S(=O)(=O)NC(CN)C2CC2)cc1F. The van der Waals surface area contributed by atoms with Crippen molar-refractivity contribution in [1.82, 2.24) is 4.72 Å². The van der Waals surface area contributed by atoms with Crippen LogP contribution >= 0.6 is 0 Å². The predicted octanol–water partition coefficient (Wildman–Crippen LogP) is 0.993. The van der Waals surface area contributed by atoms with Gasteiger partial charge in [0.05, 0.1) is 16.3 Å². The highest BCUT2D eigenvalue weighted by atomic mass is 32.2. The summed E-state index contributed by atoms with van der Waals surface area (Å²) in [5, 5.41) is 0. The van der Waals surface area contributed by atoms with E-state index in [4.69, 9.17) is 5.73 Å². The number of sulfonamides is 2. The fourth-order valence-electron chi connectivity index (χ4n) is 2.34. The monoisotopic (exact) mass is 379 g/mol. The zero-order valence-electron chi connectivity index (χ0n) is 13.3. The van der Waals surface area contributed by atoms with Gasteiger partial charge in [-0.05, 0) is 43.4 Å². The maximum atomic E-state index is 14.1. The van der Waals surface area contributed by atoms with Gasteiger partial charge in [-0.2, -0.15) is 0 Å². The normalized spacial score (nSPS) is 16.8. The Morgan fingerprint density at radius 1 is 1.29 bits per heavy atom. The molecule has 1 unspecified atom stereocenters. The number of nitrogens with one attached hydrogen (secondary N) is 2. The molecule has 0 aromatic heterocycles. The molecule has 0 aliphatic heterocycles. The first kappa shape index (κ1) is 19.1. The predicted molar refractivity (Wildman–Crippen MR) is 90.0 cm³/mol. The van der Waals surface area contributed by atoms with Gasteiger partial charge in [0.2, 0.25) is 20.0 Å². The Labute approximate surface area is 141 Å². The second kappa shape index (κ2) is 7.34. The molecule has 4 N–H and O–H groups in total. The van der Waals surface area contributed by atoms with Crippen LogP contribution in [0.1, 0.15) is 26.2 Å². The number of benzene rings is 1. The summed E-state index contributed by atoms with van der Waals surface area (Å²) < 4.78 is 66.7. The van der Waals surface area contributed by atoms with E-state index in [1.165, 1.54) is 0 Å². The van der Waals surface area contributed by atoms with Crippen molar-refractivity contribution in [3.05, 3.63) is 24.0 Å². The van der Waals surface area contributed by atoms with Crippen LogP contribution in [0, 0.1) is 11.7 Å². The summed E-state index contributed by atoms with van der Waals surface area (Å²) >= 11 is 0. The second-order valence-corrected chi connectivity index (χ2v) is 9.42. The average Bonchev–Trinajstić information content (AvgIpc) is 3.31. The fourth-order valence-corrected chi connectivity index (χ4v) is 4.81. The number of rotatable bonds is 9. The third kappa shape index (κ3) is 4.88. The smallest absolute Gasteiger partial charge is 0.240 e. The molecule has 1 atom stereocenters. The first-order chi connectivity index (χ1) is 11.2. The molecule has 1 aliphatic rings. The molecule has 1 saturated carbocycles. The lowest BCUT2D eigenvalue weighted by Crippen LogP contribution is -2.41. The van der Waals surface area contributed by atoms with E-state index >= 15 is 0 Å². The van der Waals surface area contributed by atoms with Gasteiger partial charge in [0.15, 0.2) is 0 Å². The van der Waals surface area contributed by atoms with Crippen molar-refractivity contribution >= 4 is 25.7 Å². The van der Waals surface area contributed by atoms with Gasteiger partial charge in [0, 0.05) is 12.6 Å². The van der Waals surface area contributed by atoms with E-state index in [9.17, 15) is 21.2 Å². The highest BCUT2D eigenvalue weighted by Crippen LogP contribution is 2.33. The quantitative estimate of drug-likeness (QED) is 0.591. The minimum absolute atomic E-state index is 0.145. The molecule has 0 spiro atoms. The van der Waals surface area contributed by atoms with Gasteiger partial charge in [-0.15, -0.1) is 0 Å². The van der Waals surface area contributed by atoms with Gasteiger partial charge in [-0.25, -0.2) is 25.9 Å². The lowest BCUT2D eigenvalue weighted by atomic mass is 10.2. The van der Waals surface area contributed by atoms with E-state index in [0.29, 0.717) is 6.42 Å². The maximum Gasteiger partial charge on any atom is 0.240 e. The van der Waals surface area contributed by atoms with E-state index in [1.54, 1.807) is 6.92 Å². The van der Waals surface area contributed by atoms with Gasteiger partial charge in [-0.3, -0.25) is 4.72 Å².